The molecule has 2 heterocycles. The van der Waals surface area contributed by atoms with Crippen LogP contribution in [0.4, 0.5) is 0 Å². The molecule has 0 aliphatic carbocycles. The molecule has 26 heavy (non-hydrogen) atoms. The first-order valence-corrected chi connectivity index (χ1v) is 8.79. The lowest BCUT2D eigenvalue weighted by atomic mass is 10.0. The average Bonchev–Trinajstić information content (AvgIpc) is 3.04. The molecule has 0 bridgehead atoms. The summed E-state index contributed by atoms with van der Waals surface area (Å²) < 4.78 is 7.29. The molecule has 1 fully saturated rings. The normalized spacial score (nSPS) is 15.0. The number of carboxylic acid groups (broad SMARTS) is 1. The second-order valence-electron chi connectivity index (χ2n) is 6.43. The van der Waals surface area contributed by atoms with Crippen molar-refractivity contribution in [1.82, 2.24) is 15.1 Å². The molecule has 0 radical (unpaired) electrons. The van der Waals surface area contributed by atoms with E-state index in [4.69, 9.17) is 4.74 Å². The SMILES string of the molecule is Cc1cc(C(=O)NCCc2ccccc2C(=O)O)nn1C1CCOCC1. The van der Waals surface area contributed by atoms with Gasteiger partial charge in [0.05, 0.1) is 11.6 Å². The standard InChI is InChI=1S/C19H23N3O4/c1-13-12-17(21-22(13)15-7-10-26-11-8-15)18(23)20-9-6-14-4-2-3-5-16(14)19(24)25/h2-5,12,15H,6-11H2,1H3,(H,20,23)(H,24,25). The van der Waals surface area contributed by atoms with Crippen LogP contribution in [0.1, 0.15) is 51.0 Å². The Labute approximate surface area is 152 Å². The van der Waals surface area contributed by atoms with Gasteiger partial charge in [-0.2, -0.15) is 5.10 Å². The van der Waals surface area contributed by atoms with Crippen molar-refractivity contribution in [2.45, 2.75) is 32.2 Å². The number of nitrogens with zero attached hydrogens (tertiary/aromatic N) is 2. The molecule has 2 N–H and O–H groups in total. The predicted octanol–water partition coefficient (Wildman–Crippen LogP) is 2.21. The Kier molecular flexibility index (Phi) is 5.68. The molecule has 0 atom stereocenters. The van der Waals surface area contributed by atoms with Gasteiger partial charge < -0.3 is 15.2 Å². The molecule has 1 aromatic carbocycles. The molecule has 1 saturated heterocycles. The van der Waals surface area contributed by atoms with Crippen LogP contribution in [0.3, 0.4) is 0 Å². The fourth-order valence-corrected chi connectivity index (χ4v) is 3.25. The zero-order chi connectivity index (χ0) is 18.5. The van der Waals surface area contributed by atoms with Gasteiger partial charge in [-0.25, -0.2) is 4.79 Å². The van der Waals surface area contributed by atoms with Crippen LogP contribution in [0, 0.1) is 6.92 Å². The van der Waals surface area contributed by atoms with Crippen molar-refractivity contribution in [2.75, 3.05) is 19.8 Å². The van der Waals surface area contributed by atoms with Gasteiger partial charge in [-0.15, -0.1) is 0 Å². The summed E-state index contributed by atoms with van der Waals surface area (Å²) in [6, 6.07) is 8.88. The van der Waals surface area contributed by atoms with Crippen LogP contribution in [0.2, 0.25) is 0 Å². The summed E-state index contributed by atoms with van der Waals surface area (Å²) in [4.78, 5) is 23.6. The van der Waals surface area contributed by atoms with Crippen molar-refractivity contribution in [1.29, 1.82) is 0 Å². The fourth-order valence-electron chi connectivity index (χ4n) is 3.25. The van der Waals surface area contributed by atoms with Gasteiger partial charge in [0, 0.05) is 25.5 Å². The van der Waals surface area contributed by atoms with Crippen molar-refractivity contribution >= 4 is 11.9 Å². The number of carbonyl (C=O) groups excluding carboxylic acids is 1. The zero-order valence-corrected chi connectivity index (χ0v) is 14.8. The Morgan fingerprint density at radius 2 is 2.04 bits per heavy atom. The summed E-state index contributed by atoms with van der Waals surface area (Å²) in [5.74, 6) is -1.20. The van der Waals surface area contributed by atoms with Gasteiger partial charge >= 0.3 is 5.97 Å². The Morgan fingerprint density at radius 1 is 1.31 bits per heavy atom. The summed E-state index contributed by atoms with van der Waals surface area (Å²) in [7, 11) is 0. The van der Waals surface area contributed by atoms with Crippen LogP contribution >= 0.6 is 0 Å². The maximum Gasteiger partial charge on any atom is 0.335 e. The molecule has 1 aliphatic heterocycles. The van der Waals surface area contributed by atoms with Gasteiger partial charge in [0.25, 0.3) is 5.91 Å². The van der Waals surface area contributed by atoms with Crippen LogP contribution in [0.5, 0.6) is 0 Å². The van der Waals surface area contributed by atoms with Crippen LogP contribution < -0.4 is 5.32 Å². The van der Waals surface area contributed by atoms with E-state index in [0.29, 0.717) is 37.4 Å². The lowest BCUT2D eigenvalue weighted by Gasteiger charge is -2.23. The minimum atomic E-state index is -0.960. The number of hydrogen-bond acceptors (Lipinski definition) is 4. The smallest absolute Gasteiger partial charge is 0.335 e. The molecule has 0 saturated carbocycles. The highest BCUT2D eigenvalue weighted by Crippen LogP contribution is 2.22. The first kappa shape index (κ1) is 18.1. The van der Waals surface area contributed by atoms with Gasteiger partial charge in [-0.1, -0.05) is 18.2 Å². The van der Waals surface area contributed by atoms with Gasteiger partial charge in [0.1, 0.15) is 5.69 Å². The summed E-state index contributed by atoms with van der Waals surface area (Å²) in [6.07, 6.45) is 2.25. The first-order valence-electron chi connectivity index (χ1n) is 8.79. The molecule has 3 rings (SSSR count). The third-order valence-corrected chi connectivity index (χ3v) is 4.62. The van der Waals surface area contributed by atoms with Crippen molar-refractivity contribution in [2.24, 2.45) is 0 Å². The van der Waals surface area contributed by atoms with Crippen molar-refractivity contribution in [3.63, 3.8) is 0 Å². The molecule has 0 unspecified atom stereocenters. The van der Waals surface area contributed by atoms with Crippen LogP contribution in [-0.2, 0) is 11.2 Å². The number of aromatic nitrogens is 2. The maximum absolute atomic E-state index is 12.4. The average molecular weight is 357 g/mol. The van der Waals surface area contributed by atoms with Gasteiger partial charge in [0.2, 0.25) is 0 Å². The highest BCUT2D eigenvalue weighted by atomic mass is 16.5. The largest absolute Gasteiger partial charge is 0.478 e. The number of hydrogen-bond donors (Lipinski definition) is 2. The molecule has 7 nitrogen and oxygen atoms in total. The highest BCUT2D eigenvalue weighted by molar-refractivity contribution is 5.92. The van der Waals surface area contributed by atoms with Crippen molar-refractivity contribution < 1.29 is 19.4 Å². The fraction of sp³-hybridized carbons (Fsp3) is 0.421. The van der Waals surface area contributed by atoms with E-state index in [9.17, 15) is 14.7 Å². The monoisotopic (exact) mass is 357 g/mol. The van der Waals surface area contributed by atoms with E-state index in [2.05, 4.69) is 10.4 Å². The summed E-state index contributed by atoms with van der Waals surface area (Å²) >= 11 is 0. The van der Waals surface area contributed by atoms with Crippen molar-refractivity contribution in [3.8, 4) is 0 Å². The molecule has 7 heteroatoms. The van der Waals surface area contributed by atoms with E-state index in [-0.39, 0.29) is 17.5 Å². The number of ether oxygens (including phenoxy) is 1. The molecule has 138 valence electrons. The van der Waals surface area contributed by atoms with Crippen LogP contribution in [0.15, 0.2) is 30.3 Å². The topological polar surface area (TPSA) is 93.5 Å². The molecule has 1 aromatic heterocycles. The molecule has 0 spiro atoms. The number of nitrogens with one attached hydrogen (secondary N) is 1. The van der Waals surface area contributed by atoms with E-state index < -0.39 is 5.97 Å². The predicted molar refractivity (Wildman–Crippen MR) is 95.5 cm³/mol. The number of amides is 1. The highest BCUT2D eigenvalue weighted by Gasteiger charge is 2.20. The second-order valence-corrected chi connectivity index (χ2v) is 6.43. The first-order chi connectivity index (χ1) is 12.6. The number of carbonyl (C=O) groups is 2. The van der Waals surface area contributed by atoms with Crippen molar-refractivity contribution in [3.05, 3.63) is 52.8 Å². The minimum Gasteiger partial charge on any atom is -0.478 e. The quantitative estimate of drug-likeness (QED) is 0.827. The zero-order valence-electron chi connectivity index (χ0n) is 14.8. The molecular formula is C19H23N3O4. The molecule has 1 amide bonds. The van der Waals surface area contributed by atoms with E-state index >= 15 is 0 Å². The molecule has 1 aliphatic rings. The Balaban J connectivity index is 1.60. The van der Waals surface area contributed by atoms with E-state index in [1.54, 1.807) is 30.3 Å². The van der Waals surface area contributed by atoms with Gasteiger partial charge in [-0.3, -0.25) is 9.48 Å². The second kappa shape index (κ2) is 8.14. The van der Waals surface area contributed by atoms with E-state index in [0.717, 1.165) is 18.5 Å². The van der Waals surface area contributed by atoms with Gasteiger partial charge in [-0.05, 0) is 43.9 Å². The van der Waals surface area contributed by atoms with Gasteiger partial charge in [0.15, 0.2) is 0 Å². The third-order valence-electron chi connectivity index (χ3n) is 4.62. The lowest BCUT2D eigenvalue weighted by Crippen LogP contribution is -2.27. The lowest BCUT2D eigenvalue weighted by molar-refractivity contribution is 0.0654. The summed E-state index contributed by atoms with van der Waals surface area (Å²) in [5, 5.41) is 16.5. The molecular weight excluding hydrogens is 334 g/mol. The number of carboxylic acids is 1. The molecule has 2 aromatic rings. The Morgan fingerprint density at radius 3 is 2.77 bits per heavy atom. The Hall–Kier alpha value is -2.67. The minimum absolute atomic E-state index is 0.244. The number of aryl methyl sites for hydroxylation is 1. The van der Waals surface area contributed by atoms with Crippen LogP contribution in [0.25, 0.3) is 0 Å². The number of benzene rings is 1. The summed E-state index contributed by atoms with van der Waals surface area (Å²) in [6.45, 7) is 3.73. The Bertz CT molecular complexity index is 794. The van der Waals surface area contributed by atoms with Crippen LogP contribution in [-0.4, -0.2) is 46.5 Å². The van der Waals surface area contributed by atoms with E-state index in [1.165, 1.54) is 0 Å². The maximum atomic E-state index is 12.4. The number of aromatic carboxylic acids is 1. The van der Waals surface area contributed by atoms with E-state index in [1.807, 2.05) is 11.6 Å². The number of rotatable bonds is 6. The summed E-state index contributed by atoms with van der Waals surface area (Å²) in [5.41, 5.74) is 2.31. The third kappa shape index (κ3) is 4.11.